The molecule has 0 spiro atoms. The Morgan fingerprint density at radius 1 is 1.18 bits per heavy atom. The number of hydrogen-bond donors (Lipinski definition) is 1. The highest BCUT2D eigenvalue weighted by Crippen LogP contribution is 2.32. The monoisotopic (exact) mass is 379 g/mol. The zero-order valence-electron chi connectivity index (χ0n) is 16.3. The summed E-state index contributed by atoms with van der Waals surface area (Å²) in [6, 6.07) is 8.32. The van der Waals surface area contributed by atoms with Gasteiger partial charge in [-0.15, -0.1) is 0 Å². The summed E-state index contributed by atoms with van der Waals surface area (Å²) in [5, 5.41) is 4.05. The Balaban J connectivity index is 1.36. The fraction of sp³-hybridized carbons (Fsp3) is 0.476. The van der Waals surface area contributed by atoms with Crippen LogP contribution in [0.25, 0.3) is 11.0 Å². The number of fused-ring (bicyclic) bond motifs is 5. The van der Waals surface area contributed by atoms with Crippen LogP contribution in [0.5, 0.6) is 0 Å². The minimum absolute atomic E-state index is 0.0589. The summed E-state index contributed by atoms with van der Waals surface area (Å²) >= 11 is 0. The lowest BCUT2D eigenvalue weighted by molar-refractivity contribution is -0.140. The van der Waals surface area contributed by atoms with E-state index in [9.17, 15) is 4.79 Å². The second-order valence-corrected chi connectivity index (χ2v) is 8.09. The predicted molar refractivity (Wildman–Crippen MR) is 104 cm³/mol. The minimum Gasteiger partial charge on any atom is -0.361 e. The van der Waals surface area contributed by atoms with Gasteiger partial charge in [-0.25, -0.2) is 4.98 Å². The molecule has 146 valence electrons. The average molecular weight is 379 g/mol. The van der Waals surface area contributed by atoms with E-state index >= 15 is 0 Å². The number of aryl methyl sites for hydroxylation is 2. The average Bonchev–Trinajstić information content (AvgIpc) is 3.11. The molecule has 0 saturated carbocycles. The van der Waals surface area contributed by atoms with E-state index in [0.29, 0.717) is 6.54 Å². The van der Waals surface area contributed by atoms with E-state index in [1.54, 1.807) is 0 Å². The molecule has 2 bridgehead atoms. The zero-order chi connectivity index (χ0) is 19.3. The van der Waals surface area contributed by atoms with Gasteiger partial charge in [0.05, 0.1) is 35.7 Å². The molecular weight excluding hydrogens is 354 g/mol. The van der Waals surface area contributed by atoms with Crippen molar-refractivity contribution in [1.29, 1.82) is 0 Å². The zero-order valence-corrected chi connectivity index (χ0v) is 16.3. The highest BCUT2D eigenvalue weighted by molar-refractivity contribution is 5.80. The van der Waals surface area contributed by atoms with Crippen LogP contribution in [-0.4, -0.2) is 50.0 Å². The Hall–Kier alpha value is -2.67. The first-order valence-corrected chi connectivity index (χ1v) is 9.96. The van der Waals surface area contributed by atoms with E-state index in [2.05, 4.69) is 19.9 Å². The van der Waals surface area contributed by atoms with Crippen LogP contribution in [0, 0.1) is 19.8 Å². The summed E-state index contributed by atoms with van der Waals surface area (Å²) in [5.41, 5.74) is 3.98. The summed E-state index contributed by atoms with van der Waals surface area (Å²) in [6.45, 7) is 6.88. The number of carbonyl (C=O) groups excluding carboxylic acids is 1. The molecule has 2 atom stereocenters. The molecule has 1 aromatic carbocycles. The van der Waals surface area contributed by atoms with Gasteiger partial charge >= 0.3 is 0 Å². The van der Waals surface area contributed by atoms with Crippen LogP contribution in [0.3, 0.4) is 0 Å². The fourth-order valence-electron chi connectivity index (χ4n) is 4.66. The van der Waals surface area contributed by atoms with E-state index in [4.69, 9.17) is 9.51 Å². The molecule has 3 fully saturated rings. The number of H-pyrrole nitrogens is 1. The summed E-state index contributed by atoms with van der Waals surface area (Å²) in [5.74, 6) is 2.10. The molecule has 3 aliphatic rings. The molecule has 3 aromatic rings. The maximum atomic E-state index is 13.1. The van der Waals surface area contributed by atoms with Crippen molar-refractivity contribution in [2.75, 3.05) is 13.1 Å². The van der Waals surface area contributed by atoms with Crippen molar-refractivity contribution in [3.05, 3.63) is 47.1 Å². The van der Waals surface area contributed by atoms with Crippen molar-refractivity contribution in [3.8, 4) is 0 Å². The molecule has 3 saturated heterocycles. The normalized spacial score (nSPS) is 22.9. The molecule has 6 rings (SSSR count). The first kappa shape index (κ1) is 17.4. The quantitative estimate of drug-likeness (QED) is 0.754. The van der Waals surface area contributed by atoms with Crippen LogP contribution < -0.4 is 0 Å². The number of amides is 1. The first-order chi connectivity index (χ1) is 13.6. The fourth-order valence-corrected chi connectivity index (χ4v) is 4.66. The molecule has 1 N–H and O–H groups in total. The van der Waals surface area contributed by atoms with Crippen molar-refractivity contribution in [3.63, 3.8) is 0 Å². The van der Waals surface area contributed by atoms with Gasteiger partial charge in [-0.05, 0) is 38.8 Å². The molecule has 0 unspecified atom stereocenters. The standard InChI is InChI=1S/C21H25N5O2/c1-13-17(14(2)28-24-13)11-26-16-8-7-15(21(26)27)9-25(10-16)12-20-22-18-5-3-4-6-19(18)23-20/h3-6,15-16H,7-12H2,1-2H3,(H,22,23)/t15-,16+/m1/s1. The number of para-hydroxylation sites is 2. The summed E-state index contributed by atoms with van der Waals surface area (Å²) in [6.07, 6.45) is 2.02. The van der Waals surface area contributed by atoms with Gasteiger partial charge in [0.1, 0.15) is 11.6 Å². The largest absolute Gasteiger partial charge is 0.361 e. The van der Waals surface area contributed by atoms with Gasteiger partial charge in [-0.1, -0.05) is 17.3 Å². The molecule has 3 aliphatic heterocycles. The van der Waals surface area contributed by atoms with Crippen molar-refractivity contribution in [2.45, 2.75) is 45.8 Å². The van der Waals surface area contributed by atoms with E-state index < -0.39 is 0 Å². The van der Waals surface area contributed by atoms with Crippen molar-refractivity contribution >= 4 is 16.9 Å². The number of nitrogens with one attached hydrogen (secondary N) is 1. The summed E-state index contributed by atoms with van der Waals surface area (Å²) in [4.78, 5) is 25.7. The highest BCUT2D eigenvalue weighted by atomic mass is 16.5. The van der Waals surface area contributed by atoms with Crippen LogP contribution in [-0.2, 0) is 17.9 Å². The number of nitrogens with zero attached hydrogens (tertiary/aromatic N) is 4. The van der Waals surface area contributed by atoms with E-state index in [0.717, 1.165) is 66.4 Å². The lowest BCUT2D eigenvalue weighted by Crippen LogP contribution is -2.47. The van der Waals surface area contributed by atoms with Crippen LogP contribution >= 0.6 is 0 Å². The maximum absolute atomic E-state index is 13.1. The van der Waals surface area contributed by atoms with Gasteiger partial charge in [-0.2, -0.15) is 0 Å². The number of benzene rings is 1. The van der Waals surface area contributed by atoms with Crippen LogP contribution in [0.2, 0.25) is 0 Å². The molecule has 5 heterocycles. The molecule has 1 amide bonds. The number of hydrogen-bond acceptors (Lipinski definition) is 5. The molecule has 7 nitrogen and oxygen atoms in total. The number of rotatable bonds is 4. The molecular formula is C21H25N5O2. The Bertz CT molecular complexity index is 970. The van der Waals surface area contributed by atoms with Gasteiger partial charge in [0.25, 0.3) is 0 Å². The van der Waals surface area contributed by atoms with Gasteiger partial charge in [0, 0.05) is 24.7 Å². The SMILES string of the molecule is Cc1noc(C)c1CN1C(=O)[C@@H]2CC[C@H]1CN(Cc1nc3ccccc3[nH]1)C2. The number of aromatic amines is 1. The van der Waals surface area contributed by atoms with E-state index in [1.165, 1.54) is 0 Å². The second-order valence-electron chi connectivity index (χ2n) is 8.09. The van der Waals surface area contributed by atoms with Gasteiger partial charge in [0.2, 0.25) is 5.91 Å². The van der Waals surface area contributed by atoms with Crippen LogP contribution in [0.15, 0.2) is 28.8 Å². The molecule has 7 heteroatoms. The highest BCUT2D eigenvalue weighted by Gasteiger charge is 2.41. The third-order valence-corrected chi connectivity index (χ3v) is 6.19. The van der Waals surface area contributed by atoms with Gasteiger partial charge in [0.15, 0.2) is 0 Å². The molecule has 28 heavy (non-hydrogen) atoms. The minimum atomic E-state index is 0.0589. The van der Waals surface area contributed by atoms with Gasteiger partial charge in [-0.3, -0.25) is 9.69 Å². The first-order valence-electron chi connectivity index (χ1n) is 9.96. The molecule has 2 aromatic heterocycles. The lowest BCUT2D eigenvalue weighted by Gasteiger charge is -2.36. The van der Waals surface area contributed by atoms with Crippen molar-refractivity contribution in [1.82, 2.24) is 24.9 Å². The smallest absolute Gasteiger partial charge is 0.227 e. The third kappa shape index (κ3) is 2.99. The third-order valence-electron chi connectivity index (χ3n) is 6.19. The van der Waals surface area contributed by atoms with E-state index in [1.807, 2.05) is 38.1 Å². The number of carbonyl (C=O) groups is 1. The van der Waals surface area contributed by atoms with Crippen molar-refractivity contribution < 1.29 is 9.32 Å². The number of piperidine rings is 1. The molecule has 0 aliphatic carbocycles. The summed E-state index contributed by atoms with van der Waals surface area (Å²) < 4.78 is 5.30. The Morgan fingerprint density at radius 2 is 2.04 bits per heavy atom. The number of aromatic nitrogens is 3. The topological polar surface area (TPSA) is 78.3 Å². The van der Waals surface area contributed by atoms with Crippen LogP contribution in [0.1, 0.15) is 35.7 Å². The van der Waals surface area contributed by atoms with E-state index in [-0.39, 0.29) is 17.9 Å². The predicted octanol–water partition coefficient (Wildman–Crippen LogP) is 2.79. The van der Waals surface area contributed by atoms with Crippen LogP contribution in [0.4, 0.5) is 0 Å². The Kier molecular flexibility index (Phi) is 4.19. The summed E-state index contributed by atoms with van der Waals surface area (Å²) in [7, 11) is 0. The maximum Gasteiger partial charge on any atom is 0.227 e. The molecule has 0 radical (unpaired) electrons. The van der Waals surface area contributed by atoms with Crippen molar-refractivity contribution in [2.24, 2.45) is 5.92 Å². The number of imidazole rings is 1. The van der Waals surface area contributed by atoms with Gasteiger partial charge < -0.3 is 14.4 Å². The lowest BCUT2D eigenvalue weighted by atomic mass is 9.93. The Morgan fingerprint density at radius 3 is 2.82 bits per heavy atom. The second kappa shape index (κ2) is 6.74. The Labute approximate surface area is 163 Å².